The van der Waals surface area contributed by atoms with Crippen LogP contribution < -0.4 is 0 Å². The van der Waals surface area contributed by atoms with Crippen LogP contribution in [0.1, 0.15) is 6.92 Å². The molecule has 0 aliphatic carbocycles. The van der Waals surface area contributed by atoms with E-state index >= 15 is 0 Å². The molecule has 0 saturated carbocycles. The third kappa shape index (κ3) is 2.40. The molecule has 0 N–H and O–H groups in total. The number of rotatable bonds is 3. The fourth-order valence-electron chi connectivity index (χ4n) is 0.928. The molecule has 1 aromatic rings. The highest BCUT2D eigenvalue weighted by Gasteiger charge is 1.97. The molecule has 0 aliphatic rings. The predicted octanol–water partition coefficient (Wildman–Crippen LogP) is 1.21. The van der Waals surface area contributed by atoms with Gasteiger partial charge in [0.25, 0.3) is 0 Å². The van der Waals surface area contributed by atoms with Crippen molar-refractivity contribution in [2.45, 2.75) is 19.5 Å². The lowest BCUT2D eigenvalue weighted by atomic mass is 10.3. The van der Waals surface area contributed by atoms with Crippen LogP contribution in [0.3, 0.4) is 0 Å². The van der Waals surface area contributed by atoms with Gasteiger partial charge in [0.05, 0.1) is 6.04 Å². The Balaban J connectivity index is 2.49. The summed E-state index contributed by atoms with van der Waals surface area (Å²) in [5, 5.41) is 0. The first-order chi connectivity index (χ1) is 5.33. The second-order valence-corrected chi connectivity index (χ2v) is 2.45. The van der Waals surface area contributed by atoms with E-state index in [1.54, 1.807) is 6.08 Å². The van der Waals surface area contributed by atoms with Crippen LogP contribution in [-0.4, -0.2) is 16.7 Å². The van der Waals surface area contributed by atoms with Crippen molar-refractivity contribution in [3.8, 4) is 0 Å². The van der Waals surface area contributed by atoms with Crippen LogP contribution in [0.4, 0.5) is 0 Å². The lowest BCUT2D eigenvalue weighted by Crippen LogP contribution is -2.07. The molecule has 1 heterocycles. The van der Waals surface area contributed by atoms with Crippen molar-refractivity contribution in [1.29, 1.82) is 0 Å². The monoisotopic (exact) mass is 150 g/mol. The van der Waals surface area contributed by atoms with Crippen LogP contribution in [0, 0.1) is 0 Å². The fourth-order valence-corrected chi connectivity index (χ4v) is 0.928. The van der Waals surface area contributed by atoms with Crippen molar-refractivity contribution in [2.75, 3.05) is 0 Å². The molecule has 0 aliphatic heterocycles. The van der Waals surface area contributed by atoms with E-state index < -0.39 is 0 Å². The Hall–Kier alpha value is -1.34. The Morgan fingerprint density at radius 3 is 2.73 bits per heavy atom. The normalized spacial score (nSPS) is 12.1. The predicted molar refractivity (Wildman–Crippen MR) is 42.0 cm³/mol. The number of hydrogen-bond acceptors (Lipinski definition) is 2. The summed E-state index contributed by atoms with van der Waals surface area (Å²) in [6.45, 7) is 2.62. The van der Waals surface area contributed by atoms with E-state index in [9.17, 15) is 4.79 Å². The maximum atomic E-state index is 9.84. The first-order valence-corrected chi connectivity index (χ1v) is 3.50. The molecule has 3 nitrogen and oxygen atoms in total. The summed E-state index contributed by atoms with van der Waals surface area (Å²) in [6, 6.07) is 3.90. The quantitative estimate of drug-likeness (QED) is 0.471. The Bertz CT molecular complexity index is 247. The molecule has 1 rings (SSSR count). The summed E-state index contributed by atoms with van der Waals surface area (Å²) < 4.78 is 1.98. The minimum Gasteiger partial charge on any atom is -0.352 e. The molecular weight excluding hydrogens is 140 g/mol. The van der Waals surface area contributed by atoms with Crippen molar-refractivity contribution >= 4 is 6.08 Å². The Labute approximate surface area is 65.4 Å². The number of isocyanates is 1. The fraction of sp³-hybridized carbons (Fsp3) is 0.375. The van der Waals surface area contributed by atoms with Gasteiger partial charge >= 0.3 is 0 Å². The standard InChI is InChI=1S/C8H10N2O/c1-8(9-7-11)6-10-4-2-3-5-10/h2-5,8H,6H2,1H3. The van der Waals surface area contributed by atoms with Gasteiger partial charge in [-0.15, -0.1) is 0 Å². The summed E-state index contributed by atoms with van der Waals surface area (Å²) in [5.74, 6) is 0. The second kappa shape index (κ2) is 3.74. The Kier molecular flexibility index (Phi) is 2.64. The van der Waals surface area contributed by atoms with E-state index in [-0.39, 0.29) is 6.04 Å². The van der Waals surface area contributed by atoms with E-state index in [1.807, 2.05) is 36.0 Å². The summed E-state index contributed by atoms with van der Waals surface area (Å²) in [7, 11) is 0. The Morgan fingerprint density at radius 1 is 1.55 bits per heavy atom. The molecule has 0 saturated heterocycles. The molecule has 0 aromatic carbocycles. The third-order valence-electron chi connectivity index (χ3n) is 1.41. The van der Waals surface area contributed by atoms with Gasteiger partial charge in [-0.05, 0) is 19.1 Å². The third-order valence-corrected chi connectivity index (χ3v) is 1.41. The van der Waals surface area contributed by atoms with E-state index in [0.717, 1.165) is 6.54 Å². The average molecular weight is 150 g/mol. The molecule has 1 aromatic heterocycles. The van der Waals surface area contributed by atoms with Crippen molar-refractivity contribution in [2.24, 2.45) is 4.99 Å². The zero-order valence-corrected chi connectivity index (χ0v) is 6.40. The number of carbonyl (C=O) groups excluding carboxylic acids is 1. The van der Waals surface area contributed by atoms with Crippen molar-refractivity contribution in [3.05, 3.63) is 24.5 Å². The van der Waals surface area contributed by atoms with Gasteiger partial charge < -0.3 is 4.57 Å². The van der Waals surface area contributed by atoms with Crippen LogP contribution in [-0.2, 0) is 11.3 Å². The topological polar surface area (TPSA) is 34.4 Å². The summed E-state index contributed by atoms with van der Waals surface area (Å²) in [6.07, 6.45) is 5.42. The van der Waals surface area contributed by atoms with Gasteiger partial charge in [-0.2, -0.15) is 0 Å². The largest absolute Gasteiger partial charge is 0.352 e. The highest BCUT2D eigenvalue weighted by Crippen LogP contribution is 1.96. The van der Waals surface area contributed by atoms with E-state index in [2.05, 4.69) is 4.99 Å². The highest BCUT2D eigenvalue weighted by molar-refractivity contribution is 5.33. The Morgan fingerprint density at radius 2 is 2.18 bits per heavy atom. The number of nitrogens with zero attached hydrogens (tertiary/aromatic N) is 2. The van der Waals surface area contributed by atoms with Crippen LogP contribution in [0.5, 0.6) is 0 Å². The molecule has 0 amide bonds. The van der Waals surface area contributed by atoms with E-state index in [4.69, 9.17) is 0 Å². The number of aromatic nitrogens is 1. The SMILES string of the molecule is CC(Cn1cccc1)N=C=O. The van der Waals surface area contributed by atoms with Crippen LogP contribution in [0.25, 0.3) is 0 Å². The van der Waals surface area contributed by atoms with Gasteiger partial charge in [0, 0.05) is 18.9 Å². The van der Waals surface area contributed by atoms with Gasteiger partial charge in [-0.1, -0.05) is 0 Å². The summed E-state index contributed by atoms with van der Waals surface area (Å²) in [4.78, 5) is 13.4. The van der Waals surface area contributed by atoms with Crippen LogP contribution >= 0.6 is 0 Å². The summed E-state index contributed by atoms with van der Waals surface area (Å²) >= 11 is 0. The molecule has 0 spiro atoms. The molecule has 58 valence electrons. The molecule has 0 bridgehead atoms. The number of hydrogen-bond donors (Lipinski definition) is 0. The van der Waals surface area contributed by atoms with Gasteiger partial charge in [0.1, 0.15) is 0 Å². The smallest absolute Gasteiger partial charge is 0.235 e. The first-order valence-electron chi connectivity index (χ1n) is 3.50. The summed E-state index contributed by atoms with van der Waals surface area (Å²) in [5.41, 5.74) is 0. The maximum Gasteiger partial charge on any atom is 0.235 e. The highest BCUT2D eigenvalue weighted by atomic mass is 16.1. The van der Waals surface area contributed by atoms with Crippen molar-refractivity contribution in [1.82, 2.24) is 4.57 Å². The zero-order valence-electron chi connectivity index (χ0n) is 6.40. The van der Waals surface area contributed by atoms with Gasteiger partial charge in [0.2, 0.25) is 6.08 Å². The van der Waals surface area contributed by atoms with E-state index in [0.29, 0.717) is 0 Å². The van der Waals surface area contributed by atoms with Gasteiger partial charge in [-0.25, -0.2) is 9.79 Å². The van der Waals surface area contributed by atoms with Crippen molar-refractivity contribution in [3.63, 3.8) is 0 Å². The maximum absolute atomic E-state index is 9.84. The lowest BCUT2D eigenvalue weighted by Gasteiger charge is -2.03. The molecule has 1 atom stereocenters. The molecule has 3 heteroatoms. The second-order valence-electron chi connectivity index (χ2n) is 2.45. The minimum absolute atomic E-state index is 0.0138. The average Bonchev–Trinajstić information content (AvgIpc) is 2.40. The molecular formula is C8H10N2O. The number of aliphatic imine (C=N–C) groups is 1. The molecule has 0 radical (unpaired) electrons. The molecule has 1 unspecified atom stereocenters. The zero-order chi connectivity index (χ0) is 8.10. The molecule has 11 heavy (non-hydrogen) atoms. The van der Waals surface area contributed by atoms with Gasteiger partial charge in [0.15, 0.2) is 0 Å². The molecule has 0 fully saturated rings. The first kappa shape index (κ1) is 7.76. The van der Waals surface area contributed by atoms with Gasteiger partial charge in [-0.3, -0.25) is 0 Å². The van der Waals surface area contributed by atoms with Crippen LogP contribution in [0.15, 0.2) is 29.5 Å². The minimum atomic E-state index is 0.0138. The van der Waals surface area contributed by atoms with Crippen molar-refractivity contribution < 1.29 is 4.79 Å². The van der Waals surface area contributed by atoms with Crippen LogP contribution in [0.2, 0.25) is 0 Å². The lowest BCUT2D eigenvalue weighted by molar-refractivity contribution is 0.546. The van der Waals surface area contributed by atoms with E-state index in [1.165, 1.54) is 0 Å².